The molecule has 0 unspecified atom stereocenters. The molecule has 3 amide bonds. The summed E-state index contributed by atoms with van der Waals surface area (Å²) in [4.78, 5) is 28.3. The summed E-state index contributed by atoms with van der Waals surface area (Å²) in [5.74, 6) is -0.198. The molecule has 214 valence electrons. The van der Waals surface area contributed by atoms with E-state index < -0.39 is 23.5 Å². The van der Waals surface area contributed by atoms with Crippen LogP contribution in [0.15, 0.2) is 48.5 Å². The van der Waals surface area contributed by atoms with Gasteiger partial charge < -0.3 is 20.6 Å². The highest BCUT2D eigenvalue weighted by Crippen LogP contribution is 2.49. The van der Waals surface area contributed by atoms with E-state index in [-0.39, 0.29) is 18.5 Å². The van der Waals surface area contributed by atoms with Gasteiger partial charge in [-0.2, -0.15) is 26.3 Å². The predicted molar refractivity (Wildman–Crippen MR) is 132 cm³/mol. The molecule has 39 heavy (non-hydrogen) atoms. The highest BCUT2D eigenvalue weighted by Gasteiger charge is 2.71. The quantitative estimate of drug-likeness (QED) is 0.318. The number of alkyl halides is 6. The average molecular weight is 561 g/mol. The molecule has 0 aromatic heterocycles. The number of halogens is 6. The summed E-state index contributed by atoms with van der Waals surface area (Å²) in [5.41, 5.74) is -4.81. The van der Waals surface area contributed by atoms with Crippen LogP contribution in [0.1, 0.15) is 41.3 Å². The van der Waals surface area contributed by atoms with Gasteiger partial charge in [0.2, 0.25) is 0 Å². The molecular weight excluding hydrogens is 530 g/mol. The molecule has 3 rings (SSSR count). The monoisotopic (exact) mass is 560 g/mol. The Kier molecular flexibility index (Phi) is 9.49. The van der Waals surface area contributed by atoms with Crippen molar-refractivity contribution in [1.82, 2.24) is 15.1 Å². The lowest BCUT2D eigenvalue weighted by Crippen LogP contribution is -2.53. The third-order valence-electron chi connectivity index (χ3n) is 6.46. The Bertz CT molecular complexity index is 1100. The first kappa shape index (κ1) is 30.2. The summed E-state index contributed by atoms with van der Waals surface area (Å²) in [5, 5.41) is 14.9. The Hall–Kier alpha value is -3.32. The summed E-state index contributed by atoms with van der Waals surface area (Å²) >= 11 is 0. The minimum absolute atomic E-state index is 0.198. The first-order chi connectivity index (χ1) is 18.3. The van der Waals surface area contributed by atoms with Gasteiger partial charge in [0.15, 0.2) is 0 Å². The van der Waals surface area contributed by atoms with E-state index in [1.807, 2.05) is 11.8 Å². The van der Waals surface area contributed by atoms with E-state index in [9.17, 15) is 41.0 Å². The maximum absolute atomic E-state index is 13.1. The van der Waals surface area contributed by atoms with Gasteiger partial charge >= 0.3 is 18.4 Å². The van der Waals surface area contributed by atoms with Crippen LogP contribution >= 0.6 is 0 Å². The number of aliphatic hydroxyl groups is 1. The standard InChI is InChI=1S/C26H30F6N4O3/c1-2-3-12-33-23(38)34-21-10-6-19(7-11-21)22(37)36-15-13-35(14-16-36)17-18-4-8-20(9-5-18)24(39,25(27,28)29)26(30,31)32/h4-11,39H,2-3,12-17H2,1H3,(H2,33,34,38). The van der Waals surface area contributed by atoms with Gasteiger partial charge in [-0.15, -0.1) is 0 Å². The van der Waals surface area contributed by atoms with Gasteiger partial charge in [0, 0.05) is 56.1 Å². The number of anilines is 1. The molecule has 0 bridgehead atoms. The maximum Gasteiger partial charge on any atom is 0.430 e. The molecule has 2 aromatic carbocycles. The summed E-state index contributed by atoms with van der Waals surface area (Å²) in [6, 6.07) is 9.65. The normalized spacial score (nSPS) is 15.2. The topological polar surface area (TPSA) is 84.9 Å². The van der Waals surface area contributed by atoms with Crippen LogP contribution in [0.25, 0.3) is 0 Å². The number of piperazine rings is 1. The molecule has 0 atom stereocenters. The zero-order chi connectivity index (χ0) is 28.8. The van der Waals surface area contributed by atoms with Crippen molar-refractivity contribution in [2.24, 2.45) is 0 Å². The number of carbonyl (C=O) groups is 2. The molecule has 1 aliphatic heterocycles. The van der Waals surface area contributed by atoms with Crippen molar-refractivity contribution in [1.29, 1.82) is 0 Å². The van der Waals surface area contributed by atoms with Crippen molar-refractivity contribution in [2.45, 2.75) is 44.3 Å². The van der Waals surface area contributed by atoms with Crippen molar-refractivity contribution in [2.75, 3.05) is 38.0 Å². The van der Waals surface area contributed by atoms with E-state index in [1.54, 1.807) is 29.2 Å². The Morgan fingerprint density at radius 1 is 0.872 bits per heavy atom. The second-order valence-electron chi connectivity index (χ2n) is 9.28. The molecule has 7 nitrogen and oxygen atoms in total. The zero-order valence-corrected chi connectivity index (χ0v) is 21.2. The number of benzene rings is 2. The van der Waals surface area contributed by atoms with Gasteiger partial charge in [0.05, 0.1) is 0 Å². The maximum atomic E-state index is 13.1. The molecule has 1 aliphatic rings. The molecule has 0 saturated carbocycles. The zero-order valence-electron chi connectivity index (χ0n) is 21.2. The molecule has 1 saturated heterocycles. The molecular formula is C26H30F6N4O3. The average Bonchev–Trinajstić information content (AvgIpc) is 2.88. The fourth-order valence-corrected chi connectivity index (χ4v) is 4.14. The number of rotatable bonds is 8. The molecule has 0 radical (unpaired) electrons. The lowest BCUT2D eigenvalue weighted by atomic mass is 9.91. The highest BCUT2D eigenvalue weighted by molar-refractivity contribution is 5.95. The molecule has 3 N–H and O–H groups in total. The number of amides is 3. The van der Waals surface area contributed by atoms with Crippen LogP contribution in [-0.2, 0) is 12.1 Å². The SMILES string of the molecule is CCCCNC(=O)Nc1ccc(C(=O)N2CCN(Cc3ccc(C(O)(C(F)(F)F)C(F)(F)F)cc3)CC2)cc1. The van der Waals surface area contributed by atoms with Crippen LogP contribution in [0.4, 0.5) is 36.8 Å². The number of nitrogens with zero attached hydrogens (tertiary/aromatic N) is 2. The molecule has 2 aromatic rings. The molecule has 13 heteroatoms. The van der Waals surface area contributed by atoms with Crippen LogP contribution in [0, 0.1) is 0 Å². The largest absolute Gasteiger partial charge is 0.430 e. The van der Waals surface area contributed by atoms with Crippen LogP contribution in [-0.4, -0.2) is 71.9 Å². The second kappa shape index (κ2) is 12.2. The van der Waals surface area contributed by atoms with Crippen molar-refractivity contribution < 1.29 is 41.0 Å². The predicted octanol–water partition coefficient (Wildman–Crippen LogP) is 4.88. The van der Waals surface area contributed by atoms with E-state index in [4.69, 9.17) is 0 Å². The van der Waals surface area contributed by atoms with Gasteiger partial charge in [-0.25, -0.2) is 4.79 Å². The fourth-order valence-electron chi connectivity index (χ4n) is 4.14. The van der Waals surface area contributed by atoms with Crippen molar-refractivity contribution >= 4 is 17.6 Å². The van der Waals surface area contributed by atoms with E-state index in [0.717, 1.165) is 25.0 Å². The minimum atomic E-state index is -5.94. The van der Waals surface area contributed by atoms with E-state index in [2.05, 4.69) is 10.6 Å². The number of hydrogen-bond acceptors (Lipinski definition) is 4. The van der Waals surface area contributed by atoms with Gasteiger partial charge in [0.25, 0.3) is 11.5 Å². The Labute approximate surface area is 221 Å². The van der Waals surface area contributed by atoms with Crippen LogP contribution < -0.4 is 10.6 Å². The number of hydrogen-bond donors (Lipinski definition) is 3. The highest BCUT2D eigenvalue weighted by atomic mass is 19.4. The molecule has 1 fully saturated rings. The Morgan fingerprint density at radius 3 is 1.95 bits per heavy atom. The summed E-state index contributed by atoms with van der Waals surface area (Å²) < 4.78 is 78.5. The van der Waals surface area contributed by atoms with E-state index in [1.165, 1.54) is 0 Å². The van der Waals surface area contributed by atoms with E-state index in [0.29, 0.717) is 61.7 Å². The first-order valence-corrected chi connectivity index (χ1v) is 12.4. The number of carbonyl (C=O) groups excluding carboxylic acids is 2. The van der Waals surface area contributed by atoms with Crippen LogP contribution in [0.3, 0.4) is 0 Å². The number of nitrogens with one attached hydrogen (secondary N) is 2. The molecule has 1 heterocycles. The smallest absolute Gasteiger partial charge is 0.369 e. The van der Waals surface area contributed by atoms with Gasteiger partial charge in [-0.1, -0.05) is 37.6 Å². The molecule has 0 aliphatic carbocycles. The molecule has 0 spiro atoms. The lowest BCUT2D eigenvalue weighted by Gasteiger charge is -2.35. The van der Waals surface area contributed by atoms with Crippen LogP contribution in [0.5, 0.6) is 0 Å². The van der Waals surface area contributed by atoms with Crippen LogP contribution in [0.2, 0.25) is 0 Å². The van der Waals surface area contributed by atoms with Gasteiger partial charge in [0.1, 0.15) is 0 Å². The summed E-state index contributed by atoms with van der Waals surface area (Å²) in [6.07, 6.45) is -10.0. The lowest BCUT2D eigenvalue weighted by molar-refractivity contribution is -0.376. The van der Waals surface area contributed by atoms with Crippen molar-refractivity contribution in [3.05, 3.63) is 65.2 Å². The Morgan fingerprint density at radius 2 is 1.44 bits per heavy atom. The Balaban J connectivity index is 1.53. The number of urea groups is 1. The third kappa shape index (κ3) is 7.21. The summed E-state index contributed by atoms with van der Waals surface area (Å²) in [7, 11) is 0. The second-order valence-corrected chi connectivity index (χ2v) is 9.28. The minimum Gasteiger partial charge on any atom is -0.369 e. The van der Waals surface area contributed by atoms with Crippen molar-refractivity contribution in [3.63, 3.8) is 0 Å². The first-order valence-electron chi connectivity index (χ1n) is 12.4. The van der Waals surface area contributed by atoms with E-state index >= 15 is 0 Å². The fraction of sp³-hybridized carbons (Fsp3) is 0.462. The van der Waals surface area contributed by atoms with Gasteiger partial charge in [-0.05, 0) is 36.2 Å². The van der Waals surface area contributed by atoms with Gasteiger partial charge in [-0.3, -0.25) is 9.69 Å². The number of unbranched alkanes of at least 4 members (excludes halogenated alkanes) is 1. The van der Waals surface area contributed by atoms with Crippen molar-refractivity contribution in [3.8, 4) is 0 Å². The third-order valence-corrected chi connectivity index (χ3v) is 6.46. The summed E-state index contributed by atoms with van der Waals surface area (Å²) in [6.45, 7) is 4.47.